The van der Waals surface area contributed by atoms with Crippen molar-refractivity contribution in [3.8, 4) is 0 Å². The van der Waals surface area contributed by atoms with Crippen molar-refractivity contribution in [2.45, 2.75) is 18.8 Å². The summed E-state index contributed by atoms with van der Waals surface area (Å²) in [4.78, 5) is 12.9. The van der Waals surface area contributed by atoms with Crippen molar-refractivity contribution in [2.24, 2.45) is 5.92 Å². The van der Waals surface area contributed by atoms with E-state index in [4.69, 9.17) is 4.42 Å². The molecule has 0 spiro atoms. The highest BCUT2D eigenvalue weighted by atomic mass is 32.1. The molecule has 0 saturated heterocycles. The molecule has 3 rings (SSSR count). The zero-order valence-corrected chi connectivity index (χ0v) is 10.8. The van der Waals surface area contributed by atoms with E-state index in [0.717, 1.165) is 18.6 Å². The van der Waals surface area contributed by atoms with Crippen LogP contribution in [-0.2, 0) is 4.79 Å². The largest absolute Gasteiger partial charge is 0.469 e. The lowest BCUT2D eigenvalue weighted by Crippen LogP contribution is -2.29. The monoisotopic (exact) mass is 261 g/mol. The summed E-state index contributed by atoms with van der Waals surface area (Å²) in [6, 6.07) is 7.96. The third-order valence-electron chi connectivity index (χ3n) is 3.20. The molecule has 1 aliphatic rings. The molecule has 3 nitrogen and oxygen atoms in total. The van der Waals surface area contributed by atoms with Gasteiger partial charge in [0.2, 0.25) is 5.91 Å². The Morgan fingerprint density at radius 3 is 2.94 bits per heavy atom. The molecule has 0 radical (unpaired) electrons. The first kappa shape index (κ1) is 11.5. The van der Waals surface area contributed by atoms with Gasteiger partial charge in [0.05, 0.1) is 12.2 Å². The van der Waals surface area contributed by atoms with Crippen LogP contribution in [0.4, 0.5) is 0 Å². The maximum Gasteiger partial charge on any atom is 0.223 e. The maximum atomic E-state index is 11.7. The highest BCUT2D eigenvalue weighted by Gasteiger charge is 2.30. The third-order valence-corrected chi connectivity index (χ3v) is 4.19. The van der Waals surface area contributed by atoms with Gasteiger partial charge in [-0.15, -0.1) is 11.3 Å². The number of hydrogen-bond acceptors (Lipinski definition) is 3. The Bertz CT molecular complexity index is 466. The van der Waals surface area contributed by atoms with Crippen LogP contribution >= 0.6 is 11.3 Å². The van der Waals surface area contributed by atoms with Crippen molar-refractivity contribution in [2.75, 3.05) is 6.54 Å². The second kappa shape index (κ2) is 4.98. The van der Waals surface area contributed by atoms with Crippen LogP contribution in [0.25, 0.3) is 0 Å². The molecule has 0 aromatic carbocycles. The Kier molecular flexibility index (Phi) is 3.19. The van der Waals surface area contributed by atoms with Gasteiger partial charge in [-0.25, -0.2) is 0 Å². The van der Waals surface area contributed by atoms with Gasteiger partial charge in [0, 0.05) is 17.3 Å². The van der Waals surface area contributed by atoms with Crippen molar-refractivity contribution >= 4 is 17.2 Å². The Morgan fingerprint density at radius 2 is 2.33 bits per heavy atom. The van der Waals surface area contributed by atoms with Crippen molar-refractivity contribution in [3.63, 3.8) is 0 Å². The average Bonchev–Trinajstić information content (AvgIpc) is 2.89. The molecule has 1 saturated carbocycles. The number of carbonyl (C=O) groups excluding carboxylic acids is 1. The zero-order chi connectivity index (χ0) is 12.4. The fourth-order valence-electron chi connectivity index (χ4n) is 2.01. The number of hydrogen-bond donors (Lipinski definition) is 1. The van der Waals surface area contributed by atoms with Gasteiger partial charge in [0.25, 0.3) is 0 Å². The lowest BCUT2D eigenvalue weighted by molar-refractivity contribution is -0.122. The molecule has 2 heterocycles. The maximum absolute atomic E-state index is 11.7. The highest BCUT2D eigenvalue weighted by Crippen LogP contribution is 2.31. The number of carbonyl (C=O) groups is 1. The summed E-state index contributed by atoms with van der Waals surface area (Å²) < 4.78 is 5.48. The topological polar surface area (TPSA) is 42.2 Å². The number of thiophene rings is 1. The first-order chi connectivity index (χ1) is 8.84. The smallest absolute Gasteiger partial charge is 0.223 e. The number of amides is 1. The van der Waals surface area contributed by atoms with Gasteiger partial charge in [0.1, 0.15) is 5.76 Å². The highest BCUT2D eigenvalue weighted by molar-refractivity contribution is 7.10. The SMILES string of the molecule is O=C(NC[C@H](c1ccco1)c1cccs1)C1CC1. The molecule has 2 aromatic heterocycles. The summed E-state index contributed by atoms with van der Waals surface area (Å²) in [5.41, 5.74) is 0. The van der Waals surface area contributed by atoms with E-state index in [9.17, 15) is 4.79 Å². The average molecular weight is 261 g/mol. The molecule has 94 valence electrons. The molecule has 18 heavy (non-hydrogen) atoms. The molecule has 1 fully saturated rings. The lowest BCUT2D eigenvalue weighted by Gasteiger charge is -2.14. The van der Waals surface area contributed by atoms with Gasteiger partial charge in [0.15, 0.2) is 0 Å². The summed E-state index contributed by atoms with van der Waals surface area (Å²) in [6.07, 6.45) is 3.76. The summed E-state index contributed by atoms with van der Waals surface area (Å²) in [6.45, 7) is 0.614. The van der Waals surface area contributed by atoms with E-state index in [2.05, 4.69) is 11.4 Å². The van der Waals surface area contributed by atoms with E-state index >= 15 is 0 Å². The van der Waals surface area contributed by atoms with E-state index in [-0.39, 0.29) is 17.7 Å². The molecule has 0 aliphatic heterocycles. The van der Waals surface area contributed by atoms with E-state index in [0.29, 0.717) is 6.54 Å². The van der Waals surface area contributed by atoms with Crippen molar-refractivity contribution in [1.82, 2.24) is 5.32 Å². The quantitative estimate of drug-likeness (QED) is 0.899. The van der Waals surface area contributed by atoms with Gasteiger partial charge in [-0.3, -0.25) is 4.79 Å². The van der Waals surface area contributed by atoms with Gasteiger partial charge in [-0.05, 0) is 36.4 Å². The van der Waals surface area contributed by atoms with Crippen LogP contribution in [0, 0.1) is 5.92 Å². The molecule has 4 heteroatoms. The predicted octanol–water partition coefficient (Wildman–Crippen LogP) is 3.00. The normalized spacial score (nSPS) is 16.4. The number of rotatable bonds is 5. The van der Waals surface area contributed by atoms with E-state index < -0.39 is 0 Å². The van der Waals surface area contributed by atoms with Crippen LogP contribution in [0.3, 0.4) is 0 Å². The van der Waals surface area contributed by atoms with Crippen LogP contribution in [0.1, 0.15) is 29.4 Å². The molecule has 1 amide bonds. The predicted molar refractivity (Wildman–Crippen MR) is 70.6 cm³/mol. The second-order valence-corrected chi connectivity index (χ2v) is 5.58. The Hall–Kier alpha value is -1.55. The second-order valence-electron chi connectivity index (χ2n) is 4.60. The first-order valence-electron chi connectivity index (χ1n) is 6.19. The fourth-order valence-corrected chi connectivity index (χ4v) is 2.85. The zero-order valence-electron chi connectivity index (χ0n) is 9.96. The minimum absolute atomic E-state index is 0.127. The van der Waals surface area contributed by atoms with Crippen LogP contribution in [0.15, 0.2) is 40.3 Å². The summed E-state index contributed by atoms with van der Waals surface area (Å²) in [5, 5.41) is 5.08. The van der Waals surface area contributed by atoms with E-state index in [1.54, 1.807) is 17.6 Å². The summed E-state index contributed by atoms with van der Waals surface area (Å²) in [7, 11) is 0. The molecule has 1 aliphatic carbocycles. The Morgan fingerprint density at radius 1 is 1.44 bits per heavy atom. The standard InChI is InChI=1S/C14H15NO2S/c16-14(10-5-6-10)15-9-11(12-3-1-7-17-12)13-4-2-8-18-13/h1-4,7-8,10-11H,5-6,9H2,(H,15,16)/t11-/m1/s1. The first-order valence-corrected chi connectivity index (χ1v) is 7.07. The van der Waals surface area contributed by atoms with E-state index in [1.165, 1.54) is 4.88 Å². The van der Waals surface area contributed by atoms with Gasteiger partial charge >= 0.3 is 0 Å². The summed E-state index contributed by atoms with van der Waals surface area (Å²) >= 11 is 1.69. The molecule has 1 atom stereocenters. The summed E-state index contributed by atoms with van der Waals surface area (Å²) in [5.74, 6) is 1.48. The van der Waals surface area contributed by atoms with Gasteiger partial charge in [-0.2, -0.15) is 0 Å². The molecular weight excluding hydrogens is 246 g/mol. The third kappa shape index (κ3) is 2.48. The van der Waals surface area contributed by atoms with Gasteiger partial charge in [-0.1, -0.05) is 6.07 Å². The van der Waals surface area contributed by atoms with Crippen LogP contribution in [0.2, 0.25) is 0 Å². The minimum Gasteiger partial charge on any atom is -0.469 e. The number of furan rings is 1. The van der Waals surface area contributed by atoms with Crippen LogP contribution in [0.5, 0.6) is 0 Å². The molecule has 0 unspecified atom stereocenters. The molecule has 2 aromatic rings. The molecule has 1 N–H and O–H groups in total. The van der Waals surface area contributed by atoms with Crippen molar-refractivity contribution in [1.29, 1.82) is 0 Å². The number of nitrogens with one attached hydrogen (secondary N) is 1. The fraction of sp³-hybridized carbons (Fsp3) is 0.357. The van der Waals surface area contributed by atoms with Gasteiger partial charge < -0.3 is 9.73 Å². The lowest BCUT2D eigenvalue weighted by atomic mass is 10.0. The minimum atomic E-state index is 0.127. The van der Waals surface area contributed by atoms with Crippen LogP contribution in [-0.4, -0.2) is 12.5 Å². The van der Waals surface area contributed by atoms with Crippen molar-refractivity contribution < 1.29 is 9.21 Å². The molecular formula is C14H15NO2S. The Balaban J connectivity index is 1.71. The van der Waals surface area contributed by atoms with Crippen molar-refractivity contribution in [3.05, 3.63) is 46.5 Å². The van der Waals surface area contributed by atoms with E-state index in [1.807, 2.05) is 23.6 Å². The Labute approximate surface area is 110 Å². The van der Waals surface area contributed by atoms with Crippen LogP contribution < -0.4 is 5.32 Å². The molecule has 0 bridgehead atoms.